The molecule has 0 aliphatic carbocycles. The van der Waals surface area contributed by atoms with E-state index >= 15 is 0 Å². The number of hydrogen-bond acceptors (Lipinski definition) is 5. The third-order valence-electron chi connectivity index (χ3n) is 3.19. The second kappa shape index (κ2) is 5.95. The topological polar surface area (TPSA) is 71.3 Å². The smallest absolute Gasteiger partial charge is 0.295 e. The predicted molar refractivity (Wildman–Crippen MR) is 66.3 cm³/mol. The Morgan fingerprint density at radius 2 is 2.22 bits per heavy atom. The molecule has 0 radical (unpaired) electrons. The minimum Gasteiger partial charge on any atom is -0.339 e. The van der Waals surface area contributed by atoms with Crippen LogP contribution in [0.1, 0.15) is 42.7 Å². The van der Waals surface area contributed by atoms with Gasteiger partial charge in [-0.25, -0.2) is 0 Å². The van der Waals surface area contributed by atoms with Crippen LogP contribution in [-0.4, -0.2) is 46.6 Å². The van der Waals surface area contributed by atoms with Gasteiger partial charge in [0.15, 0.2) is 0 Å². The van der Waals surface area contributed by atoms with Crippen molar-refractivity contribution in [3.05, 3.63) is 11.7 Å². The average Bonchev–Trinajstić information content (AvgIpc) is 2.83. The van der Waals surface area contributed by atoms with Gasteiger partial charge in [0.2, 0.25) is 5.89 Å². The summed E-state index contributed by atoms with van der Waals surface area (Å²) in [5.41, 5.74) is 0. The van der Waals surface area contributed by atoms with Crippen molar-refractivity contribution in [2.45, 2.75) is 39.2 Å². The molecule has 1 aromatic rings. The molecule has 0 spiro atoms. The van der Waals surface area contributed by atoms with Gasteiger partial charge in [0.05, 0.1) is 0 Å². The van der Waals surface area contributed by atoms with Crippen LogP contribution in [0, 0.1) is 6.92 Å². The molecule has 0 saturated carbocycles. The number of carbonyl (C=O) groups excluding carboxylic acids is 1. The van der Waals surface area contributed by atoms with E-state index in [1.807, 2.05) is 4.90 Å². The van der Waals surface area contributed by atoms with Crippen molar-refractivity contribution in [1.29, 1.82) is 0 Å². The summed E-state index contributed by atoms with van der Waals surface area (Å²) in [5.74, 6) is 0.500. The molecule has 1 aliphatic heterocycles. The van der Waals surface area contributed by atoms with Crippen LogP contribution in [0.15, 0.2) is 4.52 Å². The third kappa shape index (κ3) is 2.87. The van der Waals surface area contributed by atoms with Gasteiger partial charge in [0.1, 0.15) is 0 Å². The van der Waals surface area contributed by atoms with Crippen LogP contribution in [0.3, 0.4) is 0 Å². The molecule has 6 nitrogen and oxygen atoms in total. The maximum absolute atomic E-state index is 12.4. The molecule has 0 aromatic carbocycles. The normalized spacial score (nSPS) is 16.8. The van der Waals surface area contributed by atoms with E-state index in [0.29, 0.717) is 5.89 Å². The number of nitrogens with zero attached hydrogens (tertiary/aromatic N) is 3. The van der Waals surface area contributed by atoms with E-state index in [4.69, 9.17) is 4.52 Å². The van der Waals surface area contributed by atoms with Crippen LogP contribution in [0.5, 0.6) is 0 Å². The highest BCUT2D eigenvalue weighted by Crippen LogP contribution is 2.15. The lowest BCUT2D eigenvalue weighted by Gasteiger charge is -2.33. The number of aryl methyl sites for hydroxylation is 1. The molecule has 1 aromatic heterocycles. The van der Waals surface area contributed by atoms with Crippen molar-refractivity contribution in [3.63, 3.8) is 0 Å². The summed E-state index contributed by atoms with van der Waals surface area (Å²) in [7, 11) is 0. The van der Waals surface area contributed by atoms with Crippen molar-refractivity contribution < 1.29 is 9.32 Å². The van der Waals surface area contributed by atoms with Crippen molar-refractivity contribution in [2.75, 3.05) is 19.6 Å². The molecule has 1 aliphatic rings. The van der Waals surface area contributed by atoms with Gasteiger partial charge < -0.3 is 14.7 Å². The Hall–Kier alpha value is -1.43. The monoisotopic (exact) mass is 252 g/mol. The first kappa shape index (κ1) is 13.0. The van der Waals surface area contributed by atoms with Crippen LogP contribution in [-0.2, 0) is 0 Å². The van der Waals surface area contributed by atoms with Gasteiger partial charge in [-0.3, -0.25) is 4.79 Å². The average molecular weight is 252 g/mol. The molecule has 1 N–H and O–H groups in total. The lowest BCUT2D eigenvalue weighted by atomic mass is 10.0. The fraction of sp³-hybridized carbons (Fsp3) is 0.750. The SMILES string of the molecule is CCCN(C(=O)c1noc(C)n1)C1CCNCC1. The Bertz CT molecular complexity index is 399. The lowest BCUT2D eigenvalue weighted by Crippen LogP contribution is -2.46. The molecule has 0 bridgehead atoms. The molecular formula is C12H20N4O2. The minimum atomic E-state index is -0.111. The summed E-state index contributed by atoms with van der Waals surface area (Å²) in [6, 6.07) is 0.289. The zero-order chi connectivity index (χ0) is 13.0. The summed E-state index contributed by atoms with van der Waals surface area (Å²) in [6.45, 7) is 6.44. The van der Waals surface area contributed by atoms with E-state index in [9.17, 15) is 4.79 Å². The molecule has 0 atom stereocenters. The van der Waals surface area contributed by atoms with Crippen LogP contribution in [0.2, 0.25) is 0 Å². The van der Waals surface area contributed by atoms with Crippen molar-refractivity contribution in [1.82, 2.24) is 20.4 Å². The molecule has 100 valence electrons. The molecule has 6 heteroatoms. The number of aromatic nitrogens is 2. The summed E-state index contributed by atoms with van der Waals surface area (Å²) >= 11 is 0. The number of amides is 1. The predicted octanol–water partition coefficient (Wildman–Crippen LogP) is 0.982. The van der Waals surface area contributed by atoms with Crippen molar-refractivity contribution in [3.8, 4) is 0 Å². The minimum absolute atomic E-state index is 0.111. The third-order valence-corrected chi connectivity index (χ3v) is 3.19. The molecule has 0 unspecified atom stereocenters. The summed E-state index contributed by atoms with van der Waals surface area (Å²) in [4.78, 5) is 18.3. The Labute approximate surface area is 107 Å². The molecular weight excluding hydrogens is 232 g/mol. The van der Waals surface area contributed by atoms with Crippen molar-refractivity contribution >= 4 is 5.91 Å². The van der Waals surface area contributed by atoms with E-state index in [1.54, 1.807) is 6.92 Å². The van der Waals surface area contributed by atoms with Crippen molar-refractivity contribution in [2.24, 2.45) is 0 Å². The summed E-state index contributed by atoms with van der Waals surface area (Å²) in [5, 5.41) is 7.03. The first-order valence-electron chi connectivity index (χ1n) is 6.54. The largest absolute Gasteiger partial charge is 0.339 e. The first-order chi connectivity index (χ1) is 8.72. The second-order valence-corrected chi connectivity index (χ2v) is 4.62. The zero-order valence-corrected chi connectivity index (χ0v) is 11.0. The van der Waals surface area contributed by atoms with Crippen LogP contribution >= 0.6 is 0 Å². The quantitative estimate of drug-likeness (QED) is 0.865. The van der Waals surface area contributed by atoms with E-state index in [1.165, 1.54) is 0 Å². The maximum Gasteiger partial charge on any atom is 0.295 e. The zero-order valence-electron chi connectivity index (χ0n) is 11.0. The Morgan fingerprint density at radius 1 is 1.50 bits per heavy atom. The van der Waals surface area contributed by atoms with Gasteiger partial charge in [-0.15, -0.1) is 0 Å². The fourth-order valence-electron chi connectivity index (χ4n) is 2.32. The molecule has 2 heterocycles. The van der Waals surface area contributed by atoms with Crippen LogP contribution < -0.4 is 5.32 Å². The van der Waals surface area contributed by atoms with Gasteiger partial charge in [-0.05, 0) is 32.4 Å². The molecule has 2 rings (SSSR count). The van der Waals surface area contributed by atoms with E-state index in [0.717, 1.165) is 38.9 Å². The molecule has 1 amide bonds. The Kier molecular flexibility index (Phi) is 4.30. The van der Waals surface area contributed by atoms with Gasteiger partial charge in [0, 0.05) is 19.5 Å². The number of hydrogen-bond donors (Lipinski definition) is 1. The number of nitrogens with one attached hydrogen (secondary N) is 1. The Morgan fingerprint density at radius 3 is 2.78 bits per heavy atom. The van der Waals surface area contributed by atoms with Gasteiger partial charge in [-0.2, -0.15) is 4.98 Å². The lowest BCUT2D eigenvalue weighted by molar-refractivity contribution is 0.0626. The van der Waals surface area contributed by atoms with Crippen LogP contribution in [0.4, 0.5) is 0 Å². The maximum atomic E-state index is 12.4. The Balaban J connectivity index is 2.10. The number of piperidine rings is 1. The number of carbonyl (C=O) groups is 1. The molecule has 1 saturated heterocycles. The highest BCUT2D eigenvalue weighted by atomic mass is 16.5. The number of rotatable bonds is 4. The highest BCUT2D eigenvalue weighted by Gasteiger charge is 2.28. The summed E-state index contributed by atoms with van der Waals surface area (Å²) < 4.78 is 4.88. The first-order valence-corrected chi connectivity index (χ1v) is 6.54. The van der Waals surface area contributed by atoms with E-state index in [2.05, 4.69) is 22.4 Å². The molecule has 18 heavy (non-hydrogen) atoms. The van der Waals surface area contributed by atoms with E-state index < -0.39 is 0 Å². The standard InChI is InChI=1S/C12H20N4O2/c1-3-8-16(10-4-6-13-7-5-10)12(17)11-14-9(2)18-15-11/h10,13H,3-8H2,1-2H3. The van der Waals surface area contributed by atoms with Gasteiger partial charge in [0.25, 0.3) is 11.7 Å². The van der Waals surface area contributed by atoms with E-state index in [-0.39, 0.29) is 17.8 Å². The van der Waals surface area contributed by atoms with Crippen LogP contribution in [0.25, 0.3) is 0 Å². The second-order valence-electron chi connectivity index (χ2n) is 4.62. The molecule has 1 fully saturated rings. The van der Waals surface area contributed by atoms with Gasteiger partial charge in [-0.1, -0.05) is 12.1 Å². The highest BCUT2D eigenvalue weighted by molar-refractivity contribution is 5.90. The fourth-order valence-corrected chi connectivity index (χ4v) is 2.32. The van der Waals surface area contributed by atoms with Gasteiger partial charge >= 0.3 is 0 Å². The summed E-state index contributed by atoms with van der Waals surface area (Å²) in [6.07, 6.45) is 2.91.